The summed E-state index contributed by atoms with van der Waals surface area (Å²) in [5, 5.41) is 19.2. The number of carbonyl (C=O) groups excluding carboxylic acids is 3. The number of aromatic hydroxyl groups is 1. The van der Waals surface area contributed by atoms with Gasteiger partial charge in [0.1, 0.15) is 11.5 Å². The minimum absolute atomic E-state index is 0.0769. The van der Waals surface area contributed by atoms with Crippen LogP contribution in [0.1, 0.15) is 45.7 Å². The molecule has 0 fully saturated rings. The Hall–Kier alpha value is -2.98. The Bertz CT molecular complexity index is 1130. The van der Waals surface area contributed by atoms with Gasteiger partial charge in [0.25, 0.3) is 5.91 Å². The Morgan fingerprint density at radius 3 is 2.65 bits per heavy atom. The van der Waals surface area contributed by atoms with Crippen molar-refractivity contribution in [3.8, 4) is 11.5 Å². The largest absolute Gasteiger partial charge is 0.506 e. The summed E-state index contributed by atoms with van der Waals surface area (Å²) in [7, 11) is 0. The second kappa shape index (κ2) is 11.4. The van der Waals surface area contributed by atoms with Crippen molar-refractivity contribution < 1.29 is 29.0 Å². The predicted molar refractivity (Wildman–Crippen MR) is 132 cm³/mol. The third-order valence-corrected chi connectivity index (χ3v) is 6.74. The number of rotatable bonds is 10. The van der Waals surface area contributed by atoms with Crippen LogP contribution in [-0.4, -0.2) is 64.5 Å². The number of hydrogen-bond donors (Lipinski definition) is 2. The van der Waals surface area contributed by atoms with Crippen molar-refractivity contribution in [2.24, 2.45) is 0 Å². The molecule has 34 heavy (non-hydrogen) atoms. The molecule has 0 unspecified atom stereocenters. The molecule has 0 aliphatic carbocycles. The lowest BCUT2D eigenvalue weighted by Crippen LogP contribution is -2.30. The fraction of sp³-hybridized carbons (Fsp3) is 0.333. The van der Waals surface area contributed by atoms with Crippen LogP contribution in [0.4, 0.5) is 0 Å². The second-order valence-electron chi connectivity index (χ2n) is 7.31. The third-order valence-electron chi connectivity index (χ3n) is 5.12. The first-order valence-corrected chi connectivity index (χ1v) is 12.9. The number of thioether (sulfide) groups is 2. The molecular weight excluding hydrogens is 476 g/mol. The van der Waals surface area contributed by atoms with E-state index in [-0.39, 0.29) is 49.3 Å². The lowest BCUT2D eigenvalue weighted by Gasteiger charge is -2.17. The monoisotopic (exact) mass is 502 g/mol. The molecule has 0 aromatic heterocycles. The van der Waals surface area contributed by atoms with Crippen molar-refractivity contribution in [3.05, 3.63) is 52.6 Å². The van der Waals surface area contributed by atoms with Gasteiger partial charge in [-0.15, -0.1) is 23.5 Å². The Morgan fingerprint density at radius 1 is 1.21 bits per heavy atom. The van der Waals surface area contributed by atoms with E-state index in [1.807, 2.05) is 13.2 Å². The molecule has 0 saturated heterocycles. The number of amides is 1. The molecule has 8 nitrogen and oxygen atoms in total. The number of esters is 1. The van der Waals surface area contributed by atoms with Gasteiger partial charge in [0.05, 0.1) is 28.7 Å². The summed E-state index contributed by atoms with van der Waals surface area (Å²) in [6.07, 6.45) is 1.82. The standard InChI is InChI=1S/C24H26N2O6S2/c1-4-31-20(28)13-32-19-9-8-17(21(29)22(19)34-5-2)18(27)12-26-11-15-10-14(23(25)33-3)6-7-16(15)24(26)30/h6-10,25,29H,4-5,11-13H2,1-3H3. The lowest BCUT2D eigenvalue weighted by atomic mass is 10.1. The Balaban J connectivity index is 1.77. The number of fused-ring (bicyclic) bond motifs is 1. The van der Waals surface area contributed by atoms with E-state index in [2.05, 4.69) is 0 Å². The van der Waals surface area contributed by atoms with E-state index in [9.17, 15) is 19.5 Å². The Labute approximate surface area is 206 Å². The predicted octanol–water partition coefficient (Wildman–Crippen LogP) is 3.97. The molecular formula is C24H26N2O6S2. The van der Waals surface area contributed by atoms with Crippen molar-refractivity contribution in [3.63, 3.8) is 0 Å². The van der Waals surface area contributed by atoms with Gasteiger partial charge in [-0.1, -0.05) is 13.0 Å². The van der Waals surface area contributed by atoms with Gasteiger partial charge in [0.2, 0.25) is 0 Å². The Morgan fingerprint density at radius 2 is 1.97 bits per heavy atom. The molecule has 1 heterocycles. The molecule has 0 saturated carbocycles. The molecule has 0 atom stereocenters. The quantitative estimate of drug-likeness (QED) is 0.165. The molecule has 2 aromatic rings. The molecule has 180 valence electrons. The number of nitrogens with one attached hydrogen (secondary N) is 1. The average molecular weight is 503 g/mol. The summed E-state index contributed by atoms with van der Waals surface area (Å²) >= 11 is 2.60. The number of hydrogen-bond acceptors (Lipinski definition) is 9. The number of ether oxygens (including phenoxy) is 2. The summed E-state index contributed by atoms with van der Waals surface area (Å²) in [5.74, 6) is -0.555. The van der Waals surface area contributed by atoms with Crippen LogP contribution in [0.3, 0.4) is 0 Å². The van der Waals surface area contributed by atoms with Gasteiger partial charge in [0.15, 0.2) is 12.4 Å². The van der Waals surface area contributed by atoms with Crippen LogP contribution >= 0.6 is 23.5 Å². The average Bonchev–Trinajstić information content (AvgIpc) is 3.13. The van der Waals surface area contributed by atoms with Crippen LogP contribution in [-0.2, 0) is 16.1 Å². The number of ketones is 1. The maximum Gasteiger partial charge on any atom is 0.344 e. The third kappa shape index (κ3) is 5.56. The van der Waals surface area contributed by atoms with Gasteiger partial charge in [-0.3, -0.25) is 15.0 Å². The molecule has 2 aromatic carbocycles. The highest BCUT2D eigenvalue weighted by Gasteiger charge is 2.30. The minimum Gasteiger partial charge on any atom is -0.506 e. The number of carbonyl (C=O) groups is 3. The zero-order valence-electron chi connectivity index (χ0n) is 19.2. The van der Waals surface area contributed by atoms with E-state index >= 15 is 0 Å². The van der Waals surface area contributed by atoms with Crippen molar-refractivity contribution in [1.82, 2.24) is 4.90 Å². The molecule has 0 radical (unpaired) electrons. The van der Waals surface area contributed by atoms with Gasteiger partial charge in [-0.05, 0) is 48.8 Å². The van der Waals surface area contributed by atoms with E-state index in [1.54, 1.807) is 25.1 Å². The highest BCUT2D eigenvalue weighted by atomic mass is 32.2. The molecule has 1 aliphatic rings. The normalized spacial score (nSPS) is 12.4. The number of Topliss-reactive ketones (excluding diaryl/α,β-unsaturated/α-hetero) is 1. The van der Waals surface area contributed by atoms with Crippen LogP contribution < -0.4 is 4.74 Å². The maximum absolute atomic E-state index is 13.0. The SMILES string of the molecule is CCOC(=O)COc1ccc(C(=O)CN2Cc3cc(C(=N)SC)ccc3C2=O)c(O)c1SCC. The van der Waals surface area contributed by atoms with Crippen LogP contribution in [0.5, 0.6) is 11.5 Å². The van der Waals surface area contributed by atoms with Crippen molar-refractivity contribution >= 4 is 46.2 Å². The number of nitrogens with zero attached hydrogens (tertiary/aromatic N) is 1. The molecule has 0 bridgehead atoms. The highest BCUT2D eigenvalue weighted by Crippen LogP contribution is 2.40. The summed E-state index contributed by atoms with van der Waals surface area (Å²) in [6, 6.07) is 8.19. The summed E-state index contributed by atoms with van der Waals surface area (Å²) in [4.78, 5) is 39.3. The van der Waals surface area contributed by atoms with Gasteiger partial charge in [-0.25, -0.2) is 4.79 Å². The maximum atomic E-state index is 13.0. The number of benzene rings is 2. The van der Waals surface area contributed by atoms with Crippen LogP contribution in [0.25, 0.3) is 0 Å². The lowest BCUT2D eigenvalue weighted by molar-refractivity contribution is -0.145. The van der Waals surface area contributed by atoms with Crippen molar-refractivity contribution in [2.45, 2.75) is 25.3 Å². The van der Waals surface area contributed by atoms with E-state index < -0.39 is 11.8 Å². The molecule has 10 heteroatoms. The summed E-state index contributed by atoms with van der Waals surface area (Å²) in [5.41, 5.74) is 2.08. The first kappa shape index (κ1) is 25.6. The van der Waals surface area contributed by atoms with Crippen molar-refractivity contribution in [2.75, 3.05) is 31.8 Å². The highest BCUT2D eigenvalue weighted by molar-refractivity contribution is 8.13. The van der Waals surface area contributed by atoms with Gasteiger partial charge in [-0.2, -0.15) is 0 Å². The number of phenols is 1. The molecule has 1 aliphatic heterocycles. The summed E-state index contributed by atoms with van der Waals surface area (Å²) in [6.45, 7) is 3.56. The molecule has 1 amide bonds. The van der Waals surface area contributed by atoms with E-state index in [0.29, 0.717) is 21.3 Å². The fourth-order valence-electron chi connectivity index (χ4n) is 3.54. The van der Waals surface area contributed by atoms with E-state index in [1.165, 1.54) is 40.6 Å². The topological polar surface area (TPSA) is 117 Å². The van der Waals surface area contributed by atoms with Crippen LogP contribution in [0.15, 0.2) is 35.2 Å². The van der Waals surface area contributed by atoms with Gasteiger partial charge in [0, 0.05) is 17.7 Å². The van der Waals surface area contributed by atoms with Crippen LogP contribution in [0, 0.1) is 5.41 Å². The zero-order chi connectivity index (χ0) is 24.8. The van der Waals surface area contributed by atoms with Crippen molar-refractivity contribution in [1.29, 1.82) is 5.41 Å². The summed E-state index contributed by atoms with van der Waals surface area (Å²) < 4.78 is 10.4. The second-order valence-corrected chi connectivity index (χ2v) is 9.40. The molecule has 3 rings (SSSR count). The first-order valence-electron chi connectivity index (χ1n) is 10.7. The number of phenolic OH excluding ortho intramolecular Hbond substituents is 1. The van der Waals surface area contributed by atoms with Gasteiger partial charge >= 0.3 is 5.97 Å². The first-order chi connectivity index (χ1) is 16.3. The Kier molecular flexibility index (Phi) is 8.62. The van der Waals surface area contributed by atoms with E-state index in [4.69, 9.17) is 14.9 Å². The van der Waals surface area contributed by atoms with Gasteiger partial charge < -0.3 is 19.5 Å². The van der Waals surface area contributed by atoms with Crippen LogP contribution in [0.2, 0.25) is 0 Å². The molecule has 2 N–H and O–H groups in total. The molecule has 0 spiro atoms. The van der Waals surface area contributed by atoms with E-state index in [0.717, 1.165) is 11.1 Å². The fourth-order valence-corrected chi connectivity index (χ4v) is 4.71. The smallest absolute Gasteiger partial charge is 0.344 e. The minimum atomic E-state index is -0.530. The zero-order valence-corrected chi connectivity index (χ0v) is 20.8.